The third kappa shape index (κ3) is 41.4. The first kappa shape index (κ1) is 54.4. The number of rotatable bonds is 40. The molecule has 0 aliphatic heterocycles. The summed E-state index contributed by atoms with van der Waals surface area (Å²) in [6, 6.07) is 0. The standard InChI is InChI=1S/C46H79O10P/c1-3-5-7-9-11-13-15-17-19-21-23-25-27-29-31-33-35-37-45(49)53-41-44(42-55-57(51,52)54-40-43(48)39-47)56-46(50)38-36-34-32-30-28-26-24-22-20-18-16-14-12-10-8-6-4-2/h11-14,17-20,23-26,43-44,47-48H,3-10,15-16,21-22,27-42H2,1-2H3,(H,51,52)/b13-11+,14-12+,19-17+,20-18+,25-23+,26-24+/t43-,44+/m0/s1. The van der Waals surface area contributed by atoms with Crippen LogP contribution in [0.5, 0.6) is 0 Å². The van der Waals surface area contributed by atoms with E-state index in [0.29, 0.717) is 12.8 Å². The molecule has 1 unspecified atom stereocenters. The number of allylic oxidation sites excluding steroid dienone is 12. The van der Waals surface area contributed by atoms with Gasteiger partial charge in [-0.05, 0) is 89.9 Å². The molecule has 0 spiro atoms. The van der Waals surface area contributed by atoms with E-state index in [1.165, 1.54) is 44.9 Å². The molecule has 57 heavy (non-hydrogen) atoms. The lowest BCUT2D eigenvalue weighted by Crippen LogP contribution is -2.29. The first-order valence-electron chi connectivity index (χ1n) is 21.9. The fourth-order valence-electron chi connectivity index (χ4n) is 5.42. The van der Waals surface area contributed by atoms with Crippen LogP contribution in [0.25, 0.3) is 0 Å². The molecule has 10 nitrogen and oxygen atoms in total. The predicted octanol–water partition coefficient (Wildman–Crippen LogP) is 11.7. The molecule has 0 saturated heterocycles. The molecule has 3 N–H and O–H groups in total. The number of aliphatic hydroxyl groups excluding tert-OH is 2. The van der Waals surface area contributed by atoms with E-state index in [0.717, 1.165) is 83.5 Å². The normalized spacial score (nSPS) is 14.5. The van der Waals surface area contributed by atoms with Crippen molar-refractivity contribution in [3.05, 3.63) is 72.9 Å². The Morgan fingerprint density at radius 3 is 1.35 bits per heavy atom. The van der Waals surface area contributed by atoms with Gasteiger partial charge in [-0.15, -0.1) is 0 Å². The van der Waals surface area contributed by atoms with Crippen LogP contribution in [0.3, 0.4) is 0 Å². The van der Waals surface area contributed by atoms with Crippen molar-refractivity contribution in [1.82, 2.24) is 0 Å². The number of aliphatic hydroxyl groups is 2. The Kier molecular flexibility index (Phi) is 39.7. The largest absolute Gasteiger partial charge is 0.472 e. The molecular formula is C46H79O10P. The summed E-state index contributed by atoms with van der Waals surface area (Å²) in [5.41, 5.74) is 0. The fraction of sp³-hybridized carbons (Fsp3) is 0.696. The van der Waals surface area contributed by atoms with Crippen LogP contribution in [0.1, 0.15) is 168 Å². The van der Waals surface area contributed by atoms with Gasteiger partial charge in [0.25, 0.3) is 0 Å². The zero-order valence-corrected chi connectivity index (χ0v) is 36.4. The average molecular weight is 823 g/mol. The maximum Gasteiger partial charge on any atom is 0.472 e. The van der Waals surface area contributed by atoms with Crippen molar-refractivity contribution in [2.75, 3.05) is 26.4 Å². The lowest BCUT2D eigenvalue weighted by molar-refractivity contribution is -0.161. The van der Waals surface area contributed by atoms with Crippen molar-refractivity contribution in [3.8, 4) is 0 Å². The fourth-order valence-corrected chi connectivity index (χ4v) is 6.21. The van der Waals surface area contributed by atoms with Gasteiger partial charge in [0, 0.05) is 12.8 Å². The number of carbonyl (C=O) groups is 2. The van der Waals surface area contributed by atoms with Gasteiger partial charge in [0.15, 0.2) is 6.10 Å². The number of hydrogen-bond acceptors (Lipinski definition) is 9. The summed E-state index contributed by atoms with van der Waals surface area (Å²) in [6.45, 7) is 2.26. The molecular weight excluding hydrogens is 743 g/mol. The van der Waals surface area contributed by atoms with E-state index in [1.807, 2.05) is 0 Å². The molecule has 0 aliphatic rings. The first-order valence-corrected chi connectivity index (χ1v) is 23.4. The van der Waals surface area contributed by atoms with Gasteiger partial charge < -0.3 is 24.6 Å². The summed E-state index contributed by atoms with van der Waals surface area (Å²) in [7, 11) is -4.63. The van der Waals surface area contributed by atoms with Gasteiger partial charge in [-0.3, -0.25) is 18.6 Å². The molecule has 0 aromatic carbocycles. The van der Waals surface area contributed by atoms with Gasteiger partial charge in [-0.25, -0.2) is 4.57 Å². The summed E-state index contributed by atoms with van der Waals surface area (Å²) in [5, 5.41) is 18.3. The highest BCUT2D eigenvalue weighted by molar-refractivity contribution is 7.47. The van der Waals surface area contributed by atoms with Crippen molar-refractivity contribution in [2.45, 2.75) is 180 Å². The molecule has 0 aliphatic carbocycles. The second kappa shape index (κ2) is 41.6. The Morgan fingerprint density at radius 2 is 0.912 bits per heavy atom. The summed E-state index contributed by atoms with van der Waals surface area (Å²) >= 11 is 0. The Balaban J connectivity index is 4.40. The van der Waals surface area contributed by atoms with Gasteiger partial charge in [0.05, 0.1) is 19.8 Å². The van der Waals surface area contributed by atoms with Crippen molar-refractivity contribution in [1.29, 1.82) is 0 Å². The van der Waals surface area contributed by atoms with Crippen molar-refractivity contribution in [2.24, 2.45) is 0 Å². The zero-order chi connectivity index (χ0) is 41.9. The van der Waals surface area contributed by atoms with E-state index in [1.54, 1.807) is 0 Å². The van der Waals surface area contributed by atoms with Crippen molar-refractivity contribution >= 4 is 19.8 Å². The van der Waals surface area contributed by atoms with Gasteiger partial charge >= 0.3 is 19.8 Å². The van der Waals surface area contributed by atoms with Gasteiger partial charge in [0.2, 0.25) is 0 Å². The molecule has 0 aromatic rings. The number of phosphoric ester groups is 1. The van der Waals surface area contributed by atoms with Gasteiger partial charge in [-0.1, -0.05) is 138 Å². The first-order chi connectivity index (χ1) is 27.7. The topological polar surface area (TPSA) is 149 Å². The molecule has 3 atom stereocenters. The summed E-state index contributed by atoms with van der Waals surface area (Å²) in [5.74, 6) is -0.981. The molecule has 0 heterocycles. The van der Waals surface area contributed by atoms with E-state index in [4.69, 9.17) is 19.1 Å². The van der Waals surface area contributed by atoms with Crippen molar-refractivity contribution in [3.63, 3.8) is 0 Å². The molecule has 11 heteroatoms. The smallest absolute Gasteiger partial charge is 0.462 e. The van der Waals surface area contributed by atoms with Crippen LogP contribution in [-0.2, 0) is 32.7 Å². The lowest BCUT2D eigenvalue weighted by atomic mass is 10.1. The molecule has 0 saturated carbocycles. The van der Waals surface area contributed by atoms with Crippen LogP contribution >= 0.6 is 7.82 Å². The Hall–Kier alpha value is -2.59. The Morgan fingerprint density at radius 1 is 0.526 bits per heavy atom. The molecule has 0 aromatic heterocycles. The number of carbonyl (C=O) groups excluding carboxylic acids is 2. The Labute approximate surface area is 346 Å². The van der Waals surface area contributed by atoms with E-state index in [2.05, 4.69) is 91.3 Å². The van der Waals surface area contributed by atoms with Crippen LogP contribution in [-0.4, -0.2) is 65.7 Å². The van der Waals surface area contributed by atoms with Crippen LogP contribution in [0.4, 0.5) is 0 Å². The van der Waals surface area contributed by atoms with Crippen LogP contribution in [0.2, 0.25) is 0 Å². The van der Waals surface area contributed by atoms with Crippen LogP contribution in [0.15, 0.2) is 72.9 Å². The summed E-state index contributed by atoms with van der Waals surface area (Å²) < 4.78 is 32.7. The maximum atomic E-state index is 12.6. The van der Waals surface area contributed by atoms with E-state index in [9.17, 15) is 24.2 Å². The molecule has 0 bridgehead atoms. The minimum absolute atomic E-state index is 0.150. The molecule has 0 radical (unpaired) electrons. The number of hydrogen-bond donors (Lipinski definition) is 3. The molecule has 328 valence electrons. The summed E-state index contributed by atoms with van der Waals surface area (Å²) in [4.78, 5) is 35.0. The highest BCUT2D eigenvalue weighted by atomic mass is 31.2. The van der Waals surface area contributed by atoms with E-state index < -0.39 is 51.8 Å². The second-order valence-electron chi connectivity index (χ2n) is 14.4. The number of phosphoric acid groups is 1. The minimum Gasteiger partial charge on any atom is -0.462 e. The SMILES string of the molecule is CCCCC/C=C/C/C=C/C/C=C/CCCCCCC(=O)OC[C@H](COP(=O)(O)OC[C@@H](O)CO)OC(=O)CCCCCC/C=C/C/C=C/C/C=C/CCCCC. The molecule has 0 fully saturated rings. The summed E-state index contributed by atoms with van der Waals surface area (Å²) in [6.07, 6.45) is 47.2. The number of ether oxygens (including phenoxy) is 2. The maximum absolute atomic E-state index is 12.6. The highest BCUT2D eigenvalue weighted by Gasteiger charge is 2.27. The van der Waals surface area contributed by atoms with Crippen LogP contribution < -0.4 is 0 Å². The van der Waals surface area contributed by atoms with Gasteiger partial charge in [0.1, 0.15) is 12.7 Å². The third-order valence-corrected chi connectivity index (χ3v) is 9.78. The lowest BCUT2D eigenvalue weighted by Gasteiger charge is -2.20. The quantitative estimate of drug-likeness (QED) is 0.0236. The van der Waals surface area contributed by atoms with Crippen molar-refractivity contribution < 1.29 is 47.8 Å². The zero-order valence-electron chi connectivity index (χ0n) is 35.5. The van der Waals surface area contributed by atoms with E-state index >= 15 is 0 Å². The average Bonchev–Trinajstić information content (AvgIpc) is 3.20. The Bertz CT molecular complexity index is 1180. The predicted molar refractivity (Wildman–Crippen MR) is 233 cm³/mol. The number of esters is 2. The second-order valence-corrected chi connectivity index (χ2v) is 15.8. The third-order valence-electron chi connectivity index (χ3n) is 8.83. The number of unbranched alkanes of at least 4 members (excludes halogenated alkanes) is 14. The molecule has 0 amide bonds. The highest BCUT2D eigenvalue weighted by Crippen LogP contribution is 2.43. The van der Waals surface area contributed by atoms with E-state index in [-0.39, 0.29) is 19.4 Å². The van der Waals surface area contributed by atoms with Gasteiger partial charge in [-0.2, -0.15) is 0 Å². The van der Waals surface area contributed by atoms with Crippen LogP contribution in [0, 0.1) is 0 Å². The molecule has 0 rings (SSSR count). The monoisotopic (exact) mass is 823 g/mol. The minimum atomic E-state index is -4.63.